The fourth-order valence-electron chi connectivity index (χ4n) is 2.45. The monoisotopic (exact) mass is 368 g/mol. The van der Waals surface area contributed by atoms with Crippen molar-refractivity contribution in [2.75, 3.05) is 0 Å². The molecule has 134 valence electrons. The van der Waals surface area contributed by atoms with Gasteiger partial charge in [-0.2, -0.15) is 5.10 Å². The summed E-state index contributed by atoms with van der Waals surface area (Å²) < 4.78 is 0. The number of hydrogen-bond acceptors (Lipinski definition) is 8. The molecule has 0 aliphatic rings. The van der Waals surface area contributed by atoms with Crippen LogP contribution >= 0.6 is 0 Å². The number of carbonyl (C=O) groups is 1. The second-order valence-corrected chi connectivity index (χ2v) is 5.36. The van der Waals surface area contributed by atoms with Gasteiger partial charge in [0, 0.05) is 22.9 Å². The van der Waals surface area contributed by atoms with Crippen molar-refractivity contribution in [3.8, 4) is 0 Å². The van der Waals surface area contributed by atoms with E-state index in [1.165, 1.54) is 12.1 Å². The number of amides is 1. The Kier molecular flexibility index (Phi) is 4.26. The second kappa shape index (κ2) is 6.55. The standard InChI is InChI=1S/C16H8N4O7/c21-14-11-3-1-2-4-12(11)15(22)13(14)17-18-16(23)8-5-9(19(24)25)7-10(6-8)20(26)27/h1-7H,(H,18,23). The molecule has 3 rings (SSSR count). The Hall–Kier alpha value is -4.28. The first kappa shape index (κ1) is 17.5. The third-order valence-corrected chi connectivity index (χ3v) is 3.70. The van der Waals surface area contributed by atoms with Crippen LogP contribution in [0, 0.1) is 20.2 Å². The lowest BCUT2D eigenvalue weighted by atomic mass is 10.1. The lowest BCUT2D eigenvalue weighted by Gasteiger charge is -2.00. The lowest BCUT2D eigenvalue weighted by Crippen LogP contribution is -2.35. The van der Waals surface area contributed by atoms with Crippen molar-refractivity contribution < 1.29 is 14.6 Å². The van der Waals surface area contributed by atoms with Gasteiger partial charge in [0.1, 0.15) is 0 Å². The van der Waals surface area contributed by atoms with Gasteiger partial charge in [-0.1, -0.05) is 24.3 Å². The molecule has 0 aliphatic carbocycles. The van der Waals surface area contributed by atoms with E-state index in [1.54, 1.807) is 12.1 Å². The minimum atomic E-state index is -1.05. The smallest absolute Gasteiger partial charge is 0.277 e. The quantitative estimate of drug-likeness (QED) is 0.517. The van der Waals surface area contributed by atoms with Crippen molar-refractivity contribution >= 4 is 28.1 Å². The minimum Gasteiger partial charge on any atom is -0.287 e. The Bertz CT molecular complexity index is 1190. The van der Waals surface area contributed by atoms with Crippen LogP contribution in [0.15, 0.2) is 57.2 Å². The molecule has 3 aromatic rings. The van der Waals surface area contributed by atoms with Crippen LogP contribution in [-0.4, -0.2) is 15.8 Å². The second-order valence-electron chi connectivity index (χ2n) is 5.36. The van der Waals surface area contributed by atoms with Crippen molar-refractivity contribution in [3.05, 3.63) is 94.1 Å². The summed E-state index contributed by atoms with van der Waals surface area (Å²) in [5.41, 5.74) is -1.18. The third kappa shape index (κ3) is 3.16. The SMILES string of the molecule is O=C(NN=c1c(=O)c2ccccc2c1=O)c1cc([N+](=O)[O-])cc([N+](=O)[O-])c1. The van der Waals surface area contributed by atoms with Gasteiger partial charge in [-0.15, -0.1) is 0 Å². The van der Waals surface area contributed by atoms with Crippen molar-refractivity contribution in [2.45, 2.75) is 0 Å². The highest BCUT2D eigenvalue weighted by Gasteiger charge is 2.20. The van der Waals surface area contributed by atoms with Gasteiger partial charge in [0.05, 0.1) is 21.5 Å². The van der Waals surface area contributed by atoms with Crippen LogP contribution in [0.5, 0.6) is 0 Å². The number of nitro benzene ring substituents is 2. The molecule has 0 saturated heterocycles. The zero-order chi connectivity index (χ0) is 19.7. The molecule has 0 saturated carbocycles. The Balaban J connectivity index is 2.03. The molecular weight excluding hydrogens is 360 g/mol. The summed E-state index contributed by atoms with van der Waals surface area (Å²) >= 11 is 0. The minimum absolute atomic E-state index is 0.140. The molecule has 1 amide bonds. The van der Waals surface area contributed by atoms with Crippen LogP contribution in [0.2, 0.25) is 0 Å². The van der Waals surface area contributed by atoms with E-state index in [-0.39, 0.29) is 10.8 Å². The van der Waals surface area contributed by atoms with Crippen LogP contribution in [0.4, 0.5) is 11.4 Å². The molecule has 0 bridgehead atoms. The van der Waals surface area contributed by atoms with Crippen LogP contribution in [0.25, 0.3) is 10.8 Å². The fourth-order valence-corrected chi connectivity index (χ4v) is 2.45. The highest BCUT2D eigenvalue weighted by Crippen LogP contribution is 2.22. The zero-order valence-electron chi connectivity index (χ0n) is 13.2. The van der Waals surface area contributed by atoms with E-state index < -0.39 is 48.9 Å². The van der Waals surface area contributed by atoms with E-state index in [2.05, 4.69) is 5.10 Å². The van der Waals surface area contributed by atoms with E-state index in [4.69, 9.17) is 0 Å². The summed E-state index contributed by atoms with van der Waals surface area (Å²) in [6.45, 7) is 0. The van der Waals surface area contributed by atoms with Crippen LogP contribution in [0.3, 0.4) is 0 Å². The van der Waals surface area contributed by atoms with Gasteiger partial charge in [-0.05, 0) is 0 Å². The number of hydrogen-bond donors (Lipinski definition) is 1. The molecule has 0 aromatic heterocycles. The molecule has 11 heteroatoms. The molecule has 0 spiro atoms. The van der Waals surface area contributed by atoms with Gasteiger partial charge in [-0.25, -0.2) is 5.43 Å². The molecule has 0 aliphatic heterocycles. The largest absolute Gasteiger partial charge is 0.287 e. The van der Waals surface area contributed by atoms with E-state index in [9.17, 15) is 34.6 Å². The zero-order valence-corrected chi connectivity index (χ0v) is 13.2. The Labute approximate surface area is 148 Å². The lowest BCUT2D eigenvalue weighted by molar-refractivity contribution is -0.394. The highest BCUT2D eigenvalue weighted by atomic mass is 16.6. The predicted molar refractivity (Wildman–Crippen MR) is 91.6 cm³/mol. The van der Waals surface area contributed by atoms with Gasteiger partial charge >= 0.3 is 0 Å². The van der Waals surface area contributed by atoms with Crippen LogP contribution in [0.1, 0.15) is 10.4 Å². The summed E-state index contributed by atoms with van der Waals surface area (Å²) in [5, 5.41) is 25.0. The van der Waals surface area contributed by atoms with Crippen molar-refractivity contribution in [1.82, 2.24) is 5.43 Å². The van der Waals surface area contributed by atoms with Gasteiger partial charge in [0.25, 0.3) is 17.3 Å². The Morgan fingerprint density at radius 3 is 1.81 bits per heavy atom. The van der Waals surface area contributed by atoms with Gasteiger partial charge in [0.15, 0.2) is 5.36 Å². The van der Waals surface area contributed by atoms with Gasteiger partial charge < -0.3 is 0 Å². The number of carbonyl (C=O) groups excluding carboxylic acids is 1. The molecule has 0 radical (unpaired) electrons. The normalized spacial score (nSPS) is 10.5. The maximum atomic E-state index is 12.2. The predicted octanol–water partition coefficient (Wildman–Crippen LogP) is 0.498. The molecule has 0 heterocycles. The molecule has 3 aromatic carbocycles. The maximum absolute atomic E-state index is 12.2. The average Bonchev–Trinajstić information content (AvgIpc) is 2.90. The molecule has 1 N–H and O–H groups in total. The first-order chi connectivity index (χ1) is 12.8. The Morgan fingerprint density at radius 2 is 1.37 bits per heavy atom. The third-order valence-electron chi connectivity index (χ3n) is 3.70. The summed E-state index contributed by atoms with van der Waals surface area (Å²) in [6, 6.07) is 8.32. The molecule has 0 atom stereocenters. The van der Waals surface area contributed by atoms with E-state index in [0.717, 1.165) is 12.1 Å². The summed E-state index contributed by atoms with van der Waals surface area (Å²) in [5.74, 6) is -1.05. The number of nitro groups is 2. The number of rotatable bonds is 4. The van der Waals surface area contributed by atoms with Crippen LogP contribution in [-0.2, 0) is 0 Å². The van der Waals surface area contributed by atoms with Gasteiger partial charge in [0.2, 0.25) is 10.9 Å². The van der Waals surface area contributed by atoms with Crippen molar-refractivity contribution in [1.29, 1.82) is 0 Å². The van der Waals surface area contributed by atoms with Crippen molar-refractivity contribution in [3.63, 3.8) is 0 Å². The highest BCUT2D eigenvalue weighted by molar-refractivity contribution is 5.95. The number of non-ortho nitro benzene ring substituents is 2. The van der Waals surface area contributed by atoms with Crippen LogP contribution < -0.4 is 21.6 Å². The number of nitrogens with zero attached hydrogens (tertiary/aromatic N) is 3. The first-order valence-corrected chi connectivity index (χ1v) is 7.30. The Morgan fingerprint density at radius 1 is 0.889 bits per heavy atom. The van der Waals surface area contributed by atoms with E-state index in [0.29, 0.717) is 6.07 Å². The summed E-state index contributed by atoms with van der Waals surface area (Å²) in [7, 11) is 0. The molecule has 11 nitrogen and oxygen atoms in total. The van der Waals surface area contributed by atoms with E-state index >= 15 is 0 Å². The number of fused-ring (bicyclic) bond motifs is 1. The van der Waals surface area contributed by atoms with Crippen molar-refractivity contribution in [2.24, 2.45) is 5.10 Å². The topological polar surface area (TPSA) is 162 Å². The average molecular weight is 368 g/mol. The molecule has 0 unspecified atom stereocenters. The summed E-state index contributed by atoms with van der Waals surface area (Å²) in [6.07, 6.45) is 0. The molecular formula is C16H8N4O7. The molecule has 27 heavy (non-hydrogen) atoms. The summed E-state index contributed by atoms with van der Waals surface area (Å²) in [4.78, 5) is 56.4. The fraction of sp³-hybridized carbons (Fsp3) is 0. The molecule has 0 fully saturated rings. The van der Waals surface area contributed by atoms with E-state index in [1.807, 2.05) is 5.43 Å². The number of nitrogens with one attached hydrogen (secondary N) is 1. The number of benzene rings is 2. The first-order valence-electron chi connectivity index (χ1n) is 7.30. The maximum Gasteiger partial charge on any atom is 0.277 e. The van der Waals surface area contributed by atoms with Gasteiger partial charge in [-0.3, -0.25) is 34.6 Å².